The average Bonchev–Trinajstić information content (AvgIpc) is 1.30. The molecule has 278 valence electrons. The van der Waals surface area contributed by atoms with Crippen LogP contribution in [-0.2, 0) is 0 Å². The van der Waals surface area contributed by atoms with Crippen LogP contribution in [0, 0.1) is 0 Å². The van der Waals surface area contributed by atoms with E-state index in [2.05, 4.69) is 0 Å². The summed E-state index contributed by atoms with van der Waals surface area (Å²) in [7, 11) is 0. The molecule has 0 N–H and O–H groups in total. The third-order valence-electron chi connectivity index (χ3n) is 10.5. The molecule has 0 saturated heterocycles. The van der Waals surface area contributed by atoms with Crippen LogP contribution >= 0.6 is 11.6 Å². The van der Waals surface area contributed by atoms with E-state index >= 15 is 0 Å². The number of para-hydroxylation sites is 5. The van der Waals surface area contributed by atoms with Gasteiger partial charge in [0.15, 0.2) is 0 Å². The van der Waals surface area contributed by atoms with Crippen LogP contribution < -0.4 is 15.7 Å². The molecule has 0 amide bonds. The van der Waals surface area contributed by atoms with Crippen LogP contribution in [0.1, 0.15) is 43.9 Å². The SMILES string of the molecule is [2H]c1c([2H])c([2H])c2c(c1[2H])SB1c3c([2H])c([2H])c(-n4c5c([2H])c([2H])c([2H])c([2H])c5c5c([2H])c([2H])c([2H])c([2H])c54)c([2H])c3Oc3c([2H])c(-n4c5c([2H])c([2H])c([2H])c([2H])c5c5c([2H])c([2H])c(-n6c7c([2H])c([2H])c([2H])c([2H])c7c7c([2H])c([2H])c([2H])c([2H])c76)c([2H])c54)c([2H])c-2c31. The van der Waals surface area contributed by atoms with Gasteiger partial charge in [-0.15, -0.1) is 0 Å². The van der Waals surface area contributed by atoms with Crippen molar-refractivity contribution in [3.63, 3.8) is 0 Å². The van der Waals surface area contributed by atoms with E-state index in [9.17, 15) is 19.2 Å². The Labute approximate surface area is 394 Å². The highest BCUT2D eigenvalue weighted by molar-refractivity contribution is 8.28. The predicted octanol–water partition coefficient (Wildman–Crippen LogP) is 13.0. The summed E-state index contributed by atoms with van der Waals surface area (Å²) in [5.74, 6) is -3.04. The third-order valence-corrected chi connectivity index (χ3v) is 11.8. The minimum absolute atomic E-state index is 0.295. The van der Waals surface area contributed by atoms with Crippen molar-refractivity contribution in [2.45, 2.75) is 4.90 Å². The summed E-state index contributed by atoms with van der Waals surface area (Å²) in [6.45, 7) is 0. The van der Waals surface area contributed by atoms with Gasteiger partial charge in [-0.25, -0.2) is 0 Å². The molecule has 5 heterocycles. The molecule has 9 aromatic carbocycles. The lowest BCUT2D eigenvalue weighted by atomic mass is 9.57. The fourth-order valence-corrected chi connectivity index (χ4v) is 9.33. The van der Waals surface area contributed by atoms with E-state index in [-0.39, 0.29) is 10.4 Å². The molecule has 3 aromatic heterocycles. The standard InChI is InChI=1S/C54H32BN3OS/c1-7-19-45-36(13-1)37-14-2-8-20-46(37)56(45)33-25-27-41-40-17-5-11-23-49(40)58(50(41)30-33)35-29-43-42-18-6-12-24-53(42)60-55-44-28-26-34(31-51(44)59-52(32-35)54(43)55)57-47-21-9-3-15-38(47)39-16-4-10-22-48(39)57/h1-32H/i1D,2D,3D,4D,5D,6D,7D,8D,9D,10D,11D,12D,13D,14D,15D,16D,17D,18D,19D,20D,21D,22D,23D,24D,25D,26D,27D,28D,29D,30D,31D,32D. The van der Waals surface area contributed by atoms with Crippen LogP contribution in [0.3, 0.4) is 0 Å². The van der Waals surface area contributed by atoms with E-state index in [4.69, 9.17) is 29.4 Å². The predicted molar refractivity (Wildman–Crippen MR) is 252 cm³/mol. The van der Waals surface area contributed by atoms with Crippen LogP contribution in [0.25, 0.3) is 93.6 Å². The van der Waals surface area contributed by atoms with Gasteiger partial charge in [0.2, 0.25) is 0 Å². The first kappa shape index (κ1) is 14.7. The van der Waals surface area contributed by atoms with E-state index in [1.165, 1.54) is 0 Å². The number of aromatic nitrogens is 3. The number of nitrogens with zero attached hydrogens (tertiary/aromatic N) is 3. The molecule has 0 spiro atoms. The second kappa shape index (κ2) is 12.1. The summed E-state index contributed by atoms with van der Waals surface area (Å²) in [6.07, 6.45) is 0. The van der Waals surface area contributed by atoms with Crippen molar-refractivity contribution in [1.29, 1.82) is 0 Å². The van der Waals surface area contributed by atoms with Gasteiger partial charge in [0.1, 0.15) is 11.5 Å². The van der Waals surface area contributed by atoms with Crippen molar-refractivity contribution < 1.29 is 48.6 Å². The Bertz CT molecular complexity index is 5550. The van der Waals surface area contributed by atoms with Crippen LogP contribution in [-0.4, -0.2) is 19.7 Å². The number of benzene rings is 9. The average molecular weight is 814 g/mol. The van der Waals surface area contributed by atoms with Gasteiger partial charge in [0.25, 0.3) is 5.99 Å². The van der Waals surface area contributed by atoms with Gasteiger partial charge in [0, 0.05) is 60.7 Å². The van der Waals surface area contributed by atoms with Gasteiger partial charge < -0.3 is 18.4 Å². The number of ether oxygens (including phenoxy) is 1. The number of rotatable bonds is 3. The molecular formula is C54H32BN3OS. The molecule has 0 bridgehead atoms. The fraction of sp³-hybridized carbons (Fsp3) is 0. The normalized spacial score (nSPS) is 20.5. The van der Waals surface area contributed by atoms with Gasteiger partial charge in [-0.05, 0) is 82.5 Å². The first-order valence-electron chi connectivity index (χ1n) is 33.9. The Kier molecular flexibility index (Phi) is 2.96. The molecule has 2 aliphatic heterocycles. The molecule has 12 aromatic rings. The quantitative estimate of drug-likeness (QED) is 0.166. The number of hydrogen-bond acceptors (Lipinski definition) is 2. The van der Waals surface area contributed by atoms with Crippen LogP contribution in [0.15, 0.2) is 198 Å². The molecule has 2 aliphatic rings. The van der Waals surface area contributed by atoms with E-state index in [0.717, 1.165) is 13.7 Å². The summed E-state index contributed by atoms with van der Waals surface area (Å²) < 4.78 is 305. The lowest BCUT2D eigenvalue weighted by Crippen LogP contribution is -2.46. The Hall–Kier alpha value is -7.41. The summed E-state index contributed by atoms with van der Waals surface area (Å²) >= 11 is 0.632. The van der Waals surface area contributed by atoms with Crippen molar-refractivity contribution in [2.24, 2.45) is 0 Å². The molecule has 0 aliphatic carbocycles. The first-order valence-corrected chi connectivity index (χ1v) is 18.8. The van der Waals surface area contributed by atoms with Gasteiger partial charge in [0.05, 0.1) is 82.7 Å². The van der Waals surface area contributed by atoms with Crippen LogP contribution in [0.2, 0.25) is 0 Å². The maximum absolute atomic E-state index is 10.4. The third kappa shape index (κ3) is 4.38. The molecule has 60 heavy (non-hydrogen) atoms. The van der Waals surface area contributed by atoms with Crippen molar-refractivity contribution >= 4 is 93.9 Å². The summed E-state index contributed by atoms with van der Waals surface area (Å²) in [4.78, 5) is -0.319. The van der Waals surface area contributed by atoms with Crippen molar-refractivity contribution in [1.82, 2.24) is 13.7 Å². The second-order valence-corrected chi connectivity index (χ2v) is 14.7. The molecular weight excluding hydrogens is 749 g/mol. The summed E-state index contributed by atoms with van der Waals surface area (Å²) in [6, 6.07) is -28.0. The van der Waals surface area contributed by atoms with E-state index in [1.807, 2.05) is 0 Å². The van der Waals surface area contributed by atoms with Crippen LogP contribution in [0.4, 0.5) is 0 Å². The van der Waals surface area contributed by atoms with Crippen molar-refractivity contribution in [2.75, 3.05) is 0 Å². The van der Waals surface area contributed by atoms with Gasteiger partial charge in [-0.3, -0.25) is 0 Å². The zero-order valence-corrected chi connectivity index (χ0v) is 30.6. The minimum atomic E-state index is -1.60. The first-order chi connectivity index (χ1) is 43.1. The molecule has 0 fully saturated rings. The lowest BCUT2D eigenvalue weighted by molar-refractivity contribution is 0.487. The molecule has 14 rings (SSSR count). The van der Waals surface area contributed by atoms with E-state index in [1.54, 1.807) is 0 Å². The smallest absolute Gasteiger partial charge is 0.289 e. The zero-order chi connectivity index (χ0) is 66.9. The van der Waals surface area contributed by atoms with Gasteiger partial charge in [-0.2, -0.15) is 11.6 Å². The van der Waals surface area contributed by atoms with Gasteiger partial charge >= 0.3 is 0 Å². The second-order valence-electron chi connectivity index (χ2n) is 13.6. The Balaban J connectivity index is 1.18. The molecule has 0 radical (unpaired) electrons. The van der Waals surface area contributed by atoms with Gasteiger partial charge in [-0.1, -0.05) is 121 Å². The molecule has 0 saturated carbocycles. The molecule has 0 unspecified atom stereocenters. The zero-order valence-electron chi connectivity index (χ0n) is 61.7. The Morgan fingerprint density at radius 3 is 1.42 bits per heavy atom. The lowest BCUT2D eigenvalue weighted by Gasteiger charge is -2.33. The van der Waals surface area contributed by atoms with E-state index < -0.39 is 310 Å². The monoisotopic (exact) mass is 813 g/mol. The maximum atomic E-state index is 10.4. The highest BCUT2D eigenvalue weighted by atomic mass is 32.2. The highest BCUT2D eigenvalue weighted by Crippen LogP contribution is 2.46. The largest absolute Gasteiger partial charge is 0.458 e. The number of hydrogen-bond donors (Lipinski definition) is 0. The Morgan fingerprint density at radius 2 is 0.833 bits per heavy atom. The minimum Gasteiger partial charge on any atom is -0.458 e. The molecule has 4 nitrogen and oxygen atoms in total. The number of fused-ring (bicyclic) bond motifs is 13. The van der Waals surface area contributed by atoms with Crippen molar-refractivity contribution in [3.05, 3.63) is 193 Å². The van der Waals surface area contributed by atoms with Crippen LogP contribution in [0.5, 0.6) is 11.5 Å². The fourth-order valence-electron chi connectivity index (χ4n) is 8.08. The van der Waals surface area contributed by atoms with E-state index in [0.29, 0.717) is 11.6 Å². The van der Waals surface area contributed by atoms with Crippen molar-refractivity contribution in [3.8, 4) is 39.7 Å². The molecule has 0 atom stereocenters. The Morgan fingerprint density at radius 1 is 0.383 bits per heavy atom. The topological polar surface area (TPSA) is 24.0 Å². The summed E-state index contributed by atoms with van der Waals surface area (Å²) in [5, 5.41) is -3.19. The highest BCUT2D eigenvalue weighted by Gasteiger charge is 2.39. The summed E-state index contributed by atoms with van der Waals surface area (Å²) in [5.41, 5.74) is -7.93. The molecule has 6 heteroatoms. The maximum Gasteiger partial charge on any atom is 0.289 e.